The van der Waals surface area contributed by atoms with Gasteiger partial charge in [-0.1, -0.05) is 0 Å². The van der Waals surface area contributed by atoms with E-state index in [4.69, 9.17) is 0 Å². The molecular weight excluding hydrogens is 202 g/mol. The largest absolute Gasteiger partial charge is 0.315 e. The van der Waals surface area contributed by atoms with Crippen LogP contribution in [0.2, 0.25) is 0 Å². The normalized spacial score (nSPS) is 24.1. The van der Waals surface area contributed by atoms with E-state index in [1.165, 1.54) is 0 Å². The standard InChI is InChI=1S/C8H19N3O2S/c1-8(2,3)11-14(12,13)10-7-4-5-9-6-7/h7,9-11H,4-6H2,1-3H3. The van der Waals surface area contributed by atoms with Gasteiger partial charge in [-0.05, 0) is 33.7 Å². The number of hydrogen-bond donors (Lipinski definition) is 3. The molecule has 0 bridgehead atoms. The molecule has 1 heterocycles. The molecule has 0 spiro atoms. The van der Waals surface area contributed by atoms with Crippen LogP contribution in [0.15, 0.2) is 0 Å². The van der Waals surface area contributed by atoms with Crippen LogP contribution in [0.25, 0.3) is 0 Å². The third kappa shape index (κ3) is 4.36. The van der Waals surface area contributed by atoms with Crippen LogP contribution in [-0.2, 0) is 10.2 Å². The van der Waals surface area contributed by atoms with Gasteiger partial charge in [-0.25, -0.2) is 0 Å². The Balaban J connectivity index is 2.49. The van der Waals surface area contributed by atoms with Gasteiger partial charge in [0.25, 0.3) is 10.2 Å². The van der Waals surface area contributed by atoms with E-state index in [0.717, 1.165) is 13.0 Å². The molecule has 6 heteroatoms. The fraction of sp³-hybridized carbons (Fsp3) is 1.00. The quantitative estimate of drug-likeness (QED) is 0.606. The Morgan fingerprint density at radius 1 is 1.36 bits per heavy atom. The second kappa shape index (κ2) is 4.14. The van der Waals surface area contributed by atoms with Crippen molar-refractivity contribution in [2.24, 2.45) is 0 Å². The molecular formula is C8H19N3O2S. The van der Waals surface area contributed by atoms with E-state index >= 15 is 0 Å². The lowest BCUT2D eigenvalue weighted by molar-refractivity contribution is 0.476. The van der Waals surface area contributed by atoms with Gasteiger partial charge in [-0.2, -0.15) is 17.9 Å². The van der Waals surface area contributed by atoms with Crippen molar-refractivity contribution in [1.82, 2.24) is 14.8 Å². The third-order valence-corrected chi connectivity index (χ3v) is 3.35. The zero-order valence-corrected chi connectivity index (χ0v) is 9.74. The van der Waals surface area contributed by atoms with Crippen LogP contribution in [0.4, 0.5) is 0 Å². The summed E-state index contributed by atoms with van der Waals surface area (Å²) >= 11 is 0. The van der Waals surface area contributed by atoms with Crippen LogP contribution in [0.3, 0.4) is 0 Å². The summed E-state index contributed by atoms with van der Waals surface area (Å²) in [5.41, 5.74) is -0.433. The summed E-state index contributed by atoms with van der Waals surface area (Å²) in [6.45, 7) is 7.05. The molecule has 5 nitrogen and oxygen atoms in total. The van der Waals surface area contributed by atoms with Crippen LogP contribution < -0.4 is 14.8 Å². The third-order valence-electron chi connectivity index (χ3n) is 1.82. The van der Waals surface area contributed by atoms with Crippen LogP contribution in [0.1, 0.15) is 27.2 Å². The van der Waals surface area contributed by atoms with Gasteiger partial charge in [0.2, 0.25) is 0 Å². The molecule has 0 aromatic carbocycles. The van der Waals surface area contributed by atoms with E-state index in [2.05, 4.69) is 14.8 Å². The minimum absolute atomic E-state index is 0.0230. The van der Waals surface area contributed by atoms with Crippen molar-refractivity contribution in [3.05, 3.63) is 0 Å². The second-order valence-electron chi connectivity index (χ2n) is 4.66. The van der Waals surface area contributed by atoms with E-state index in [-0.39, 0.29) is 6.04 Å². The SMILES string of the molecule is CC(C)(C)NS(=O)(=O)NC1CCNC1. The molecule has 0 aromatic heterocycles. The Kier molecular flexibility index (Phi) is 3.52. The average molecular weight is 221 g/mol. The zero-order chi connectivity index (χ0) is 10.8. The summed E-state index contributed by atoms with van der Waals surface area (Å²) in [6, 6.07) is 0.0230. The lowest BCUT2D eigenvalue weighted by Crippen LogP contribution is -2.50. The number of hydrogen-bond acceptors (Lipinski definition) is 3. The minimum atomic E-state index is -3.36. The van der Waals surface area contributed by atoms with E-state index in [1.54, 1.807) is 0 Å². The fourth-order valence-electron chi connectivity index (χ4n) is 1.41. The highest BCUT2D eigenvalue weighted by Crippen LogP contribution is 2.03. The smallest absolute Gasteiger partial charge is 0.277 e. The molecule has 0 saturated carbocycles. The summed E-state index contributed by atoms with van der Waals surface area (Å²) in [5, 5.41) is 3.10. The van der Waals surface area contributed by atoms with Crippen molar-refractivity contribution in [2.75, 3.05) is 13.1 Å². The molecule has 0 aromatic rings. The van der Waals surface area contributed by atoms with Crippen molar-refractivity contribution in [3.63, 3.8) is 0 Å². The van der Waals surface area contributed by atoms with Crippen molar-refractivity contribution in [3.8, 4) is 0 Å². The molecule has 3 N–H and O–H groups in total. The highest BCUT2D eigenvalue weighted by atomic mass is 32.2. The summed E-state index contributed by atoms with van der Waals surface area (Å²) in [7, 11) is -3.36. The van der Waals surface area contributed by atoms with Crippen molar-refractivity contribution >= 4 is 10.2 Å². The van der Waals surface area contributed by atoms with E-state index in [0.29, 0.717) is 6.54 Å². The monoisotopic (exact) mass is 221 g/mol. The molecule has 1 saturated heterocycles. The number of rotatable bonds is 3. The molecule has 1 atom stereocenters. The van der Waals surface area contributed by atoms with Crippen LogP contribution in [0, 0.1) is 0 Å². The van der Waals surface area contributed by atoms with Crippen molar-refractivity contribution in [1.29, 1.82) is 0 Å². The molecule has 1 aliphatic heterocycles. The predicted molar refractivity (Wildman–Crippen MR) is 56.2 cm³/mol. The van der Waals surface area contributed by atoms with Gasteiger partial charge in [-0.15, -0.1) is 0 Å². The predicted octanol–water partition coefficient (Wildman–Crippen LogP) is -0.429. The Hall–Kier alpha value is -0.170. The molecule has 1 fully saturated rings. The maximum atomic E-state index is 11.6. The van der Waals surface area contributed by atoms with Gasteiger partial charge < -0.3 is 5.32 Å². The first kappa shape index (κ1) is 11.9. The van der Waals surface area contributed by atoms with Gasteiger partial charge in [-0.3, -0.25) is 0 Å². The van der Waals surface area contributed by atoms with Gasteiger partial charge in [0.1, 0.15) is 0 Å². The molecule has 1 unspecified atom stereocenters. The second-order valence-corrected chi connectivity index (χ2v) is 6.11. The van der Waals surface area contributed by atoms with Crippen LogP contribution >= 0.6 is 0 Å². The molecule has 1 rings (SSSR count). The van der Waals surface area contributed by atoms with E-state index in [1.807, 2.05) is 20.8 Å². The molecule has 0 aliphatic carbocycles. The molecule has 14 heavy (non-hydrogen) atoms. The lowest BCUT2D eigenvalue weighted by atomic mass is 10.1. The first-order chi connectivity index (χ1) is 6.29. The van der Waals surface area contributed by atoms with Crippen LogP contribution in [-0.4, -0.2) is 33.1 Å². The molecule has 84 valence electrons. The lowest BCUT2D eigenvalue weighted by Gasteiger charge is -2.22. The van der Waals surface area contributed by atoms with E-state index < -0.39 is 15.7 Å². The Morgan fingerprint density at radius 2 is 2.00 bits per heavy atom. The maximum Gasteiger partial charge on any atom is 0.277 e. The summed E-state index contributed by atoms with van der Waals surface area (Å²) in [4.78, 5) is 0. The maximum absolute atomic E-state index is 11.6. The molecule has 0 radical (unpaired) electrons. The fourth-order valence-corrected chi connectivity index (χ4v) is 2.91. The minimum Gasteiger partial charge on any atom is -0.315 e. The molecule has 1 aliphatic rings. The van der Waals surface area contributed by atoms with Gasteiger partial charge in [0.15, 0.2) is 0 Å². The summed E-state index contributed by atoms with van der Waals surface area (Å²) in [6.07, 6.45) is 0.852. The topological polar surface area (TPSA) is 70.2 Å². The highest BCUT2D eigenvalue weighted by Gasteiger charge is 2.24. The van der Waals surface area contributed by atoms with E-state index in [9.17, 15) is 8.42 Å². The highest BCUT2D eigenvalue weighted by molar-refractivity contribution is 7.87. The first-order valence-corrected chi connectivity index (χ1v) is 6.29. The van der Waals surface area contributed by atoms with Gasteiger partial charge in [0.05, 0.1) is 0 Å². The van der Waals surface area contributed by atoms with Gasteiger partial charge in [0, 0.05) is 18.1 Å². The Labute approximate surface area is 85.8 Å². The Bertz CT molecular complexity index is 275. The van der Waals surface area contributed by atoms with Crippen molar-refractivity contribution < 1.29 is 8.42 Å². The molecule has 0 amide bonds. The van der Waals surface area contributed by atoms with Crippen LogP contribution in [0.5, 0.6) is 0 Å². The first-order valence-electron chi connectivity index (χ1n) is 4.80. The summed E-state index contributed by atoms with van der Waals surface area (Å²) in [5.74, 6) is 0. The zero-order valence-electron chi connectivity index (χ0n) is 8.92. The number of nitrogens with one attached hydrogen (secondary N) is 3. The average Bonchev–Trinajstić information content (AvgIpc) is 2.31. The van der Waals surface area contributed by atoms with Gasteiger partial charge >= 0.3 is 0 Å². The Morgan fingerprint density at radius 3 is 2.43 bits per heavy atom. The summed E-state index contributed by atoms with van der Waals surface area (Å²) < 4.78 is 28.3. The van der Waals surface area contributed by atoms with Crippen molar-refractivity contribution in [2.45, 2.75) is 38.8 Å².